The summed E-state index contributed by atoms with van der Waals surface area (Å²) in [6, 6.07) is 8.62. The van der Waals surface area contributed by atoms with E-state index < -0.39 is 44.6 Å². The van der Waals surface area contributed by atoms with Crippen LogP contribution in [-0.4, -0.2) is 43.2 Å². The number of carbonyl (C=O) groups is 2. The van der Waals surface area contributed by atoms with Crippen molar-refractivity contribution >= 4 is 27.5 Å². The first-order chi connectivity index (χ1) is 11.6. The lowest BCUT2D eigenvalue weighted by Gasteiger charge is -2.23. The molecule has 0 spiro atoms. The summed E-state index contributed by atoms with van der Waals surface area (Å²) in [6.07, 6.45) is -1.12. The highest BCUT2D eigenvalue weighted by atomic mass is 32.2. The molecule has 0 heterocycles. The fourth-order valence-electron chi connectivity index (χ4n) is 2.01. The molecule has 0 radical (unpaired) electrons. The normalized spacial score (nSPS) is 13.0. The smallest absolute Gasteiger partial charge is 0.336 e. The van der Waals surface area contributed by atoms with E-state index in [-0.39, 0.29) is 0 Å². The molecule has 25 heavy (non-hydrogen) atoms. The number of nitrogens with one attached hydrogen (secondary N) is 1. The van der Waals surface area contributed by atoms with Crippen molar-refractivity contribution in [1.82, 2.24) is 0 Å². The second kappa shape index (κ2) is 8.84. The third-order valence-corrected chi connectivity index (χ3v) is 5.24. The van der Waals surface area contributed by atoms with E-state index in [2.05, 4.69) is 5.32 Å². The van der Waals surface area contributed by atoms with Crippen LogP contribution in [0.3, 0.4) is 0 Å². The number of rotatable bonds is 8. The molecule has 0 saturated heterocycles. The molecular formula is C17H25NO6S. The average molecular weight is 371 g/mol. The summed E-state index contributed by atoms with van der Waals surface area (Å²) in [4.78, 5) is 24.5. The van der Waals surface area contributed by atoms with E-state index in [1.54, 1.807) is 58.0 Å². The molecule has 0 amide bonds. The Balaban J connectivity index is 3.12. The van der Waals surface area contributed by atoms with Gasteiger partial charge >= 0.3 is 11.9 Å². The topological polar surface area (TPSA) is 98.8 Å². The molecular weight excluding hydrogens is 346 g/mol. The Morgan fingerprint density at radius 1 is 0.880 bits per heavy atom. The maximum Gasteiger partial charge on any atom is 0.336 e. The first kappa shape index (κ1) is 21.0. The second-order valence-corrected chi connectivity index (χ2v) is 8.45. The van der Waals surface area contributed by atoms with Gasteiger partial charge in [0.2, 0.25) is 0 Å². The molecule has 0 aliphatic carbocycles. The predicted octanol–water partition coefficient (Wildman–Crippen LogP) is 2.13. The van der Waals surface area contributed by atoms with Gasteiger partial charge in [-0.15, -0.1) is 0 Å². The molecule has 0 saturated carbocycles. The highest BCUT2D eigenvalue weighted by Gasteiger charge is 2.45. The zero-order chi connectivity index (χ0) is 19.2. The van der Waals surface area contributed by atoms with Crippen LogP contribution in [0.15, 0.2) is 30.3 Å². The van der Waals surface area contributed by atoms with Crippen LogP contribution in [0.2, 0.25) is 0 Å². The lowest BCUT2D eigenvalue weighted by Crippen LogP contribution is -2.47. The molecule has 1 unspecified atom stereocenters. The molecule has 0 aliphatic heterocycles. The van der Waals surface area contributed by atoms with Crippen LogP contribution in [0.5, 0.6) is 0 Å². The van der Waals surface area contributed by atoms with Crippen molar-refractivity contribution in [2.45, 2.75) is 57.5 Å². The lowest BCUT2D eigenvalue weighted by molar-refractivity contribution is -0.157. The fourth-order valence-corrected chi connectivity index (χ4v) is 3.36. The number of benzene rings is 1. The van der Waals surface area contributed by atoms with Crippen molar-refractivity contribution in [3.05, 3.63) is 30.3 Å². The lowest BCUT2D eigenvalue weighted by atomic mass is 10.3. The van der Waals surface area contributed by atoms with Crippen LogP contribution in [0.4, 0.5) is 5.69 Å². The molecule has 0 bridgehead atoms. The zero-order valence-electron chi connectivity index (χ0n) is 15.1. The number of para-hydroxylation sites is 1. The van der Waals surface area contributed by atoms with Gasteiger partial charge in [0.05, 0.1) is 12.2 Å². The number of ether oxygens (including phenoxy) is 2. The molecule has 1 N–H and O–H groups in total. The molecule has 0 fully saturated rings. The molecule has 1 atom stereocenters. The standard InChI is InChI=1S/C17H25NO6S/c1-11(2)23-16(19)15(17(20)24-12(3)4)25(21,22)13(5)18-14-9-7-6-8-10-14/h6-13,15,18H,1-5H3. The van der Waals surface area contributed by atoms with E-state index in [9.17, 15) is 18.0 Å². The number of carbonyl (C=O) groups excluding carboxylic acids is 2. The van der Waals surface area contributed by atoms with Gasteiger partial charge < -0.3 is 14.8 Å². The number of hydrogen-bond acceptors (Lipinski definition) is 7. The molecule has 0 aromatic heterocycles. The van der Waals surface area contributed by atoms with Gasteiger partial charge in [0.15, 0.2) is 9.84 Å². The third kappa shape index (κ3) is 6.04. The number of esters is 2. The summed E-state index contributed by atoms with van der Waals surface area (Å²) in [7, 11) is -4.25. The van der Waals surface area contributed by atoms with Crippen molar-refractivity contribution < 1.29 is 27.5 Å². The van der Waals surface area contributed by atoms with Crippen LogP contribution in [0.25, 0.3) is 0 Å². The van der Waals surface area contributed by atoms with E-state index in [1.807, 2.05) is 0 Å². The fraction of sp³-hybridized carbons (Fsp3) is 0.529. The van der Waals surface area contributed by atoms with Crippen LogP contribution < -0.4 is 5.32 Å². The molecule has 1 aromatic carbocycles. The summed E-state index contributed by atoms with van der Waals surface area (Å²) in [6.45, 7) is 7.64. The van der Waals surface area contributed by atoms with Gasteiger partial charge in [-0.2, -0.15) is 0 Å². The van der Waals surface area contributed by atoms with Crippen molar-refractivity contribution in [2.24, 2.45) is 0 Å². The third-order valence-electron chi connectivity index (χ3n) is 3.10. The highest BCUT2D eigenvalue weighted by Crippen LogP contribution is 2.18. The van der Waals surface area contributed by atoms with Crippen LogP contribution in [-0.2, 0) is 28.9 Å². The Kier molecular flexibility index (Phi) is 7.41. The second-order valence-electron chi connectivity index (χ2n) is 6.09. The van der Waals surface area contributed by atoms with Crippen LogP contribution >= 0.6 is 0 Å². The van der Waals surface area contributed by atoms with Gasteiger partial charge in [0.1, 0.15) is 5.37 Å². The minimum Gasteiger partial charge on any atom is -0.462 e. The van der Waals surface area contributed by atoms with Gasteiger partial charge in [-0.1, -0.05) is 18.2 Å². The van der Waals surface area contributed by atoms with Gasteiger partial charge in [0, 0.05) is 5.69 Å². The Morgan fingerprint density at radius 2 is 1.32 bits per heavy atom. The molecule has 8 heteroatoms. The monoisotopic (exact) mass is 371 g/mol. The summed E-state index contributed by atoms with van der Waals surface area (Å²) in [5, 5.41) is -0.458. The first-order valence-corrected chi connectivity index (χ1v) is 9.62. The minimum atomic E-state index is -4.25. The van der Waals surface area contributed by atoms with Crippen molar-refractivity contribution in [3.8, 4) is 0 Å². The van der Waals surface area contributed by atoms with E-state index in [0.717, 1.165) is 0 Å². The number of hydrogen-bond donors (Lipinski definition) is 1. The average Bonchev–Trinajstić information content (AvgIpc) is 2.46. The van der Waals surface area contributed by atoms with Crippen LogP contribution in [0.1, 0.15) is 34.6 Å². The van der Waals surface area contributed by atoms with Crippen molar-refractivity contribution in [3.63, 3.8) is 0 Å². The van der Waals surface area contributed by atoms with Gasteiger partial charge in [0.25, 0.3) is 5.25 Å². The van der Waals surface area contributed by atoms with Gasteiger partial charge in [-0.05, 0) is 46.8 Å². The highest BCUT2D eigenvalue weighted by molar-refractivity contribution is 7.94. The summed E-state index contributed by atoms with van der Waals surface area (Å²) < 4.78 is 35.5. The zero-order valence-corrected chi connectivity index (χ0v) is 15.9. The minimum absolute atomic E-state index is 0.548. The summed E-state index contributed by atoms with van der Waals surface area (Å²) in [5.74, 6) is -2.27. The maximum atomic E-state index is 12.8. The Hall–Kier alpha value is -2.09. The van der Waals surface area contributed by atoms with Gasteiger partial charge in [-0.3, -0.25) is 9.59 Å². The largest absolute Gasteiger partial charge is 0.462 e. The Morgan fingerprint density at radius 3 is 1.72 bits per heavy atom. The molecule has 1 rings (SSSR count). The Bertz CT molecular complexity index is 662. The SMILES string of the molecule is CC(C)OC(=O)C(C(=O)OC(C)C)S(=O)(=O)C(C)Nc1ccccc1. The molecule has 1 aromatic rings. The summed E-state index contributed by atoms with van der Waals surface area (Å²) >= 11 is 0. The van der Waals surface area contributed by atoms with Crippen LogP contribution in [0, 0.1) is 0 Å². The van der Waals surface area contributed by atoms with E-state index in [1.165, 1.54) is 6.92 Å². The molecule has 7 nitrogen and oxygen atoms in total. The first-order valence-electron chi connectivity index (χ1n) is 8.01. The maximum absolute atomic E-state index is 12.8. The molecule has 0 aliphatic rings. The number of sulfone groups is 1. The van der Waals surface area contributed by atoms with Gasteiger partial charge in [-0.25, -0.2) is 8.42 Å². The predicted molar refractivity (Wildman–Crippen MR) is 94.7 cm³/mol. The van der Waals surface area contributed by atoms with E-state index >= 15 is 0 Å². The van der Waals surface area contributed by atoms with Crippen molar-refractivity contribution in [2.75, 3.05) is 5.32 Å². The van der Waals surface area contributed by atoms with Crippen molar-refractivity contribution in [1.29, 1.82) is 0 Å². The molecule has 140 valence electrons. The number of anilines is 1. The summed E-state index contributed by atoms with van der Waals surface area (Å²) in [5.41, 5.74) is 0.548. The van der Waals surface area contributed by atoms with E-state index in [0.29, 0.717) is 5.69 Å². The van der Waals surface area contributed by atoms with E-state index in [4.69, 9.17) is 9.47 Å². The Labute approximate surface area is 148 Å². The quantitative estimate of drug-likeness (QED) is 0.552.